The van der Waals surface area contributed by atoms with Crippen molar-refractivity contribution in [3.8, 4) is 22.3 Å². The second-order valence-electron chi connectivity index (χ2n) is 6.93. The normalized spacial score (nSPS) is 12.0. The number of benzene rings is 2. The van der Waals surface area contributed by atoms with E-state index in [0.717, 1.165) is 36.1 Å². The van der Waals surface area contributed by atoms with Crippen LogP contribution in [0.3, 0.4) is 0 Å². The number of hydrogen-bond acceptors (Lipinski definition) is 2. The molecular formula is C23H22BrNOS2. The molecule has 0 fully saturated rings. The fourth-order valence-corrected chi connectivity index (χ4v) is 5.15. The quantitative estimate of drug-likeness (QED) is 0.385. The van der Waals surface area contributed by atoms with Crippen LogP contribution in [0.4, 0.5) is 0 Å². The number of aryl methyl sites for hydroxylation is 3. The van der Waals surface area contributed by atoms with E-state index >= 15 is 0 Å². The van der Waals surface area contributed by atoms with E-state index in [-0.39, 0.29) is 0 Å². The fraction of sp³-hybridized carbons (Fsp3) is 0.174. The molecule has 5 heteroatoms. The van der Waals surface area contributed by atoms with Crippen molar-refractivity contribution in [3.05, 3.63) is 81.6 Å². The van der Waals surface area contributed by atoms with E-state index < -0.39 is 10.8 Å². The molecule has 2 aromatic carbocycles. The molecule has 144 valence electrons. The maximum atomic E-state index is 12.5. The lowest BCUT2D eigenvalue weighted by atomic mass is 9.97. The number of pyridine rings is 1. The molecule has 0 bridgehead atoms. The van der Waals surface area contributed by atoms with Crippen molar-refractivity contribution >= 4 is 38.9 Å². The predicted octanol–water partition coefficient (Wildman–Crippen LogP) is 6.72. The van der Waals surface area contributed by atoms with Gasteiger partial charge in [0.05, 0.1) is 21.1 Å². The summed E-state index contributed by atoms with van der Waals surface area (Å²) in [7, 11) is 0.858. The van der Waals surface area contributed by atoms with Gasteiger partial charge in [0, 0.05) is 39.9 Å². The first-order chi connectivity index (χ1) is 13.3. The van der Waals surface area contributed by atoms with Gasteiger partial charge in [-0.25, -0.2) is 0 Å². The first-order valence-electron chi connectivity index (χ1n) is 8.86. The highest BCUT2D eigenvalue weighted by molar-refractivity contribution is 9.11. The summed E-state index contributed by atoms with van der Waals surface area (Å²) in [6.45, 7) is 7.99. The van der Waals surface area contributed by atoms with E-state index in [0.29, 0.717) is 5.75 Å². The van der Waals surface area contributed by atoms with Crippen LogP contribution in [0.2, 0.25) is 0 Å². The van der Waals surface area contributed by atoms with E-state index in [9.17, 15) is 4.21 Å². The first kappa shape index (κ1) is 20.9. The van der Waals surface area contributed by atoms with Gasteiger partial charge in [0.1, 0.15) is 0 Å². The Morgan fingerprint density at radius 2 is 1.82 bits per heavy atom. The van der Waals surface area contributed by atoms with Crippen LogP contribution in [0.5, 0.6) is 0 Å². The Labute approximate surface area is 182 Å². The molecule has 1 atom stereocenters. The maximum absolute atomic E-state index is 12.5. The van der Waals surface area contributed by atoms with Crippen LogP contribution in [0.25, 0.3) is 22.3 Å². The van der Waals surface area contributed by atoms with Crippen LogP contribution in [0.1, 0.15) is 11.1 Å². The van der Waals surface area contributed by atoms with Crippen molar-refractivity contribution in [1.82, 2.24) is 4.57 Å². The molecule has 0 radical (unpaired) electrons. The van der Waals surface area contributed by atoms with Gasteiger partial charge < -0.3 is 4.57 Å². The molecule has 0 aliphatic rings. The SMILES string of the molecule is C=C(Br)CS(=O)c1cccc(-c2cn(C)cc(-c3ccc(C)cc3C)c2=S)c1. The molecule has 1 aromatic heterocycles. The summed E-state index contributed by atoms with van der Waals surface area (Å²) in [5.74, 6) is 0.389. The molecule has 0 spiro atoms. The summed E-state index contributed by atoms with van der Waals surface area (Å²) >= 11 is 9.17. The van der Waals surface area contributed by atoms with Crippen LogP contribution in [-0.2, 0) is 17.8 Å². The summed E-state index contributed by atoms with van der Waals surface area (Å²) < 4.78 is 16.1. The van der Waals surface area contributed by atoms with Gasteiger partial charge >= 0.3 is 0 Å². The van der Waals surface area contributed by atoms with Crippen molar-refractivity contribution in [3.63, 3.8) is 0 Å². The minimum absolute atomic E-state index is 0.389. The highest BCUT2D eigenvalue weighted by Gasteiger charge is 2.12. The predicted molar refractivity (Wildman–Crippen MR) is 126 cm³/mol. The lowest BCUT2D eigenvalue weighted by molar-refractivity contribution is 0.685. The molecule has 28 heavy (non-hydrogen) atoms. The second kappa shape index (κ2) is 8.68. The Kier molecular flexibility index (Phi) is 6.48. The van der Waals surface area contributed by atoms with Gasteiger partial charge in [-0.3, -0.25) is 4.21 Å². The van der Waals surface area contributed by atoms with E-state index in [4.69, 9.17) is 12.2 Å². The van der Waals surface area contributed by atoms with Gasteiger partial charge in [-0.05, 0) is 42.7 Å². The van der Waals surface area contributed by atoms with E-state index in [1.807, 2.05) is 42.1 Å². The number of aromatic nitrogens is 1. The van der Waals surface area contributed by atoms with E-state index in [1.165, 1.54) is 11.1 Å². The largest absolute Gasteiger partial charge is 0.356 e. The second-order valence-corrected chi connectivity index (χ2v) is 9.91. The number of rotatable bonds is 5. The average Bonchev–Trinajstić information content (AvgIpc) is 2.63. The molecule has 0 saturated heterocycles. The molecule has 0 aliphatic carbocycles. The minimum atomic E-state index is -1.14. The zero-order valence-electron chi connectivity index (χ0n) is 16.2. The Bertz CT molecular complexity index is 1150. The highest BCUT2D eigenvalue weighted by atomic mass is 79.9. The van der Waals surface area contributed by atoms with Gasteiger partial charge in [-0.1, -0.05) is 70.6 Å². The van der Waals surface area contributed by atoms with Gasteiger partial charge in [-0.15, -0.1) is 0 Å². The molecule has 0 aliphatic heterocycles. The van der Waals surface area contributed by atoms with Gasteiger partial charge in [0.25, 0.3) is 0 Å². The maximum Gasteiger partial charge on any atom is 0.0592 e. The Morgan fingerprint density at radius 3 is 2.50 bits per heavy atom. The molecular weight excluding hydrogens is 450 g/mol. The fourth-order valence-electron chi connectivity index (χ4n) is 3.25. The number of halogens is 1. The Balaban J connectivity index is 2.14. The first-order valence-corrected chi connectivity index (χ1v) is 11.4. The smallest absolute Gasteiger partial charge is 0.0592 e. The standard InChI is InChI=1S/C23H22BrNOS2/c1-15-8-9-20(16(2)10-15)22-13-25(4)12-21(23(22)27)18-6-5-7-19(11-18)28(26)14-17(3)24/h5-13H,3,14H2,1-2,4H3. The summed E-state index contributed by atoms with van der Waals surface area (Å²) in [6, 6.07) is 14.2. The van der Waals surface area contributed by atoms with E-state index in [2.05, 4.69) is 60.8 Å². The van der Waals surface area contributed by atoms with Crippen LogP contribution < -0.4 is 0 Å². The van der Waals surface area contributed by atoms with Gasteiger partial charge in [0.15, 0.2) is 0 Å². The summed E-state index contributed by atoms with van der Waals surface area (Å²) in [5, 5.41) is 0. The molecule has 0 amide bonds. The molecule has 3 aromatic rings. The minimum Gasteiger partial charge on any atom is -0.356 e. The Hall–Kier alpha value is -1.82. The molecule has 3 rings (SSSR count). The summed E-state index contributed by atoms with van der Waals surface area (Å²) in [4.78, 5) is 0.770. The Morgan fingerprint density at radius 1 is 1.11 bits per heavy atom. The third-order valence-corrected chi connectivity index (χ3v) is 7.00. The van der Waals surface area contributed by atoms with E-state index in [1.54, 1.807) is 0 Å². The van der Waals surface area contributed by atoms with Crippen molar-refractivity contribution in [1.29, 1.82) is 0 Å². The monoisotopic (exact) mass is 471 g/mol. The zero-order valence-corrected chi connectivity index (χ0v) is 19.4. The van der Waals surface area contributed by atoms with Crippen molar-refractivity contribution in [2.75, 3.05) is 5.75 Å². The molecule has 0 saturated carbocycles. The molecule has 1 heterocycles. The van der Waals surface area contributed by atoms with Gasteiger partial charge in [0.2, 0.25) is 0 Å². The van der Waals surface area contributed by atoms with Crippen molar-refractivity contribution < 1.29 is 4.21 Å². The zero-order chi connectivity index (χ0) is 20.4. The highest BCUT2D eigenvalue weighted by Crippen LogP contribution is 2.31. The average molecular weight is 472 g/mol. The summed E-state index contributed by atoms with van der Waals surface area (Å²) in [6.07, 6.45) is 4.10. The van der Waals surface area contributed by atoms with Crippen LogP contribution >= 0.6 is 28.1 Å². The van der Waals surface area contributed by atoms with Crippen LogP contribution in [0.15, 0.2) is 70.8 Å². The van der Waals surface area contributed by atoms with Gasteiger partial charge in [-0.2, -0.15) is 0 Å². The lowest BCUT2D eigenvalue weighted by Gasteiger charge is -2.14. The molecule has 1 unspecified atom stereocenters. The van der Waals surface area contributed by atoms with Crippen molar-refractivity contribution in [2.24, 2.45) is 7.05 Å². The van der Waals surface area contributed by atoms with Crippen LogP contribution in [0, 0.1) is 18.4 Å². The third kappa shape index (κ3) is 4.59. The number of hydrogen-bond donors (Lipinski definition) is 0. The molecule has 0 N–H and O–H groups in total. The number of nitrogens with zero attached hydrogens (tertiary/aromatic N) is 1. The lowest BCUT2D eigenvalue weighted by Crippen LogP contribution is -1.99. The van der Waals surface area contributed by atoms with Crippen molar-refractivity contribution in [2.45, 2.75) is 18.7 Å². The topological polar surface area (TPSA) is 22.0 Å². The third-order valence-electron chi connectivity index (χ3n) is 4.52. The molecule has 2 nitrogen and oxygen atoms in total. The van der Waals surface area contributed by atoms with Crippen LogP contribution in [-0.4, -0.2) is 14.5 Å². The summed E-state index contributed by atoms with van der Waals surface area (Å²) in [5.41, 5.74) is 6.55.